The Bertz CT molecular complexity index is 308. The first kappa shape index (κ1) is 9.99. The highest BCUT2D eigenvalue weighted by molar-refractivity contribution is 5.39. The molecule has 0 spiro atoms. The fourth-order valence-corrected chi connectivity index (χ4v) is 1.30. The maximum Gasteiger partial charge on any atom is 0.132 e. The van der Waals surface area contributed by atoms with Crippen molar-refractivity contribution in [2.75, 3.05) is 7.11 Å². The lowest BCUT2D eigenvalue weighted by molar-refractivity contribution is 0.188. The average Bonchev–Trinajstić information content (AvgIpc) is 2.01. The molecule has 1 rings (SSSR count). The normalized spacial score (nSPS) is 12.7. The Morgan fingerprint density at radius 2 is 2.08 bits per heavy atom. The van der Waals surface area contributed by atoms with Crippen molar-refractivity contribution in [3.05, 3.63) is 29.1 Å². The average molecular weight is 184 g/mol. The van der Waals surface area contributed by atoms with Crippen LogP contribution in [0.3, 0.4) is 0 Å². The van der Waals surface area contributed by atoms with Gasteiger partial charge in [-0.1, -0.05) is 0 Å². The molecule has 1 atom stereocenters. The molecule has 1 aromatic rings. The van der Waals surface area contributed by atoms with Crippen LogP contribution < -0.4 is 4.74 Å². The number of aliphatic hydroxyl groups is 1. The molecule has 3 heteroatoms. The molecule has 0 aliphatic heterocycles. The number of hydrogen-bond acceptors (Lipinski definition) is 2. The van der Waals surface area contributed by atoms with Crippen molar-refractivity contribution in [1.82, 2.24) is 0 Å². The SMILES string of the molecule is COc1cc(C)cc(F)c1[C@@H](C)O. The monoisotopic (exact) mass is 184 g/mol. The number of hydrogen-bond donors (Lipinski definition) is 1. The molecular weight excluding hydrogens is 171 g/mol. The molecule has 0 amide bonds. The van der Waals surface area contributed by atoms with Crippen LogP contribution in [0.4, 0.5) is 4.39 Å². The Kier molecular flexibility index (Phi) is 2.88. The van der Waals surface area contributed by atoms with Crippen LogP contribution in [0.5, 0.6) is 5.75 Å². The van der Waals surface area contributed by atoms with Gasteiger partial charge in [0.25, 0.3) is 0 Å². The Hall–Kier alpha value is -1.09. The summed E-state index contributed by atoms with van der Waals surface area (Å²) in [5.74, 6) is -0.0284. The minimum absolute atomic E-state index is 0.216. The number of halogens is 1. The first-order valence-electron chi connectivity index (χ1n) is 4.08. The van der Waals surface area contributed by atoms with E-state index in [9.17, 15) is 9.50 Å². The lowest BCUT2D eigenvalue weighted by Crippen LogP contribution is -2.00. The van der Waals surface area contributed by atoms with Gasteiger partial charge in [0.15, 0.2) is 0 Å². The maximum atomic E-state index is 13.3. The molecule has 0 aliphatic rings. The number of aryl methyl sites for hydroxylation is 1. The minimum Gasteiger partial charge on any atom is -0.496 e. The summed E-state index contributed by atoms with van der Waals surface area (Å²) in [6, 6.07) is 3.08. The predicted molar refractivity (Wildman–Crippen MR) is 48.3 cm³/mol. The van der Waals surface area contributed by atoms with Gasteiger partial charge in [-0.3, -0.25) is 0 Å². The van der Waals surface area contributed by atoms with Crippen molar-refractivity contribution in [3.63, 3.8) is 0 Å². The van der Waals surface area contributed by atoms with E-state index < -0.39 is 11.9 Å². The third-order valence-electron chi connectivity index (χ3n) is 1.87. The second-order valence-electron chi connectivity index (χ2n) is 3.04. The molecule has 1 N–H and O–H groups in total. The van der Waals surface area contributed by atoms with Gasteiger partial charge in [0.1, 0.15) is 11.6 Å². The number of rotatable bonds is 2. The van der Waals surface area contributed by atoms with Gasteiger partial charge >= 0.3 is 0 Å². The topological polar surface area (TPSA) is 29.5 Å². The van der Waals surface area contributed by atoms with Crippen molar-refractivity contribution >= 4 is 0 Å². The molecule has 72 valence electrons. The van der Waals surface area contributed by atoms with Crippen molar-refractivity contribution in [1.29, 1.82) is 0 Å². The van der Waals surface area contributed by atoms with E-state index in [0.29, 0.717) is 5.75 Å². The van der Waals surface area contributed by atoms with E-state index in [1.807, 2.05) is 0 Å². The fraction of sp³-hybridized carbons (Fsp3) is 0.400. The second kappa shape index (κ2) is 3.75. The molecule has 0 unspecified atom stereocenters. The predicted octanol–water partition coefficient (Wildman–Crippen LogP) is 2.20. The maximum absolute atomic E-state index is 13.3. The molecular formula is C10H13FO2. The van der Waals surface area contributed by atoms with Crippen LogP contribution in [0.1, 0.15) is 24.2 Å². The van der Waals surface area contributed by atoms with Crippen LogP contribution in [-0.4, -0.2) is 12.2 Å². The second-order valence-corrected chi connectivity index (χ2v) is 3.04. The molecule has 13 heavy (non-hydrogen) atoms. The van der Waals surface area contributed by atoms with E-state index in [1.165, 1.54) is 20.1 Å². The molecule has 0 saturated carbocycles. The summed E-state index contributed by atoms with van der Waals surface area (Å²) in [5.41, 5.74) is 0.992. The summed E-state index contributed by atoms with van der Waals surface area (Å²) >= 11 is 0. The first-order valence-corrected chi connectivity index (χ1v) is 4.08. The summed E-state index contributed by atoms with van der Waals surface area (Å²) in [6.45, 7) is 3.29. The lowest BCUT2D eigenvalue weighted by atomic mass is 10.1. The molecule has 0 heterocycles. The molecule has 0 radical (unpaired) electrons. The lowest BCUT2D eigenvalue weighted by Gasteiger charge is -2.12. The van der Waals surface area contributed by atoms with Gasteiger partial charge < -0.3 is 9.84 Å². The number of methoxy groups -OCH3 is 1. The molecule has 0 aliphatic carbocycles. The first-order chi connectivity index (χ1) is 6.06. The quantitative estimate of drug-likeness (QED) is 0.763. The summed E-state index contributed by atoms with van der Waals surface area (Å²) in [4.78, 5) is 0. The zero-order valence-corrected chi connectivity index (χ0v) is 7.97. The summed E-state index contributed by atoms with van der Waals surface area (Å²) in [7, 11) is 1.46. The summed E-state index contributed by atoms with van der Waals surface area (Å²) in [6.07, 6.45) is -0.851. The Morgan fingerprint density at radius 3 is 2.54 bits per heavy atom. The van der Waals surface area contributed by atoms with Gasteiger partial charge in [-0.25, -0.2) is 4.39 Å². The van der Waals surface area contributed by atoms with Crippen molar-refractivity contribution in [2.24, 2.45) is 0 Å². The van der Waals surface area contributed by atoms with Crippen LogP contribution in [-0.2, 0) is 0 Å². The Labute approximate surface area is 77.0 Å². The minimum atomic E-state index is -0.851. The Morgan fingerprint density at radius 1 is 1.46 bits per heavy atom. The van der Waals surface area contributed by atoms with Crippen LogP contribution in [0.2, 0.25) is 0 Å². The highest BCUT2D eigenvalue weighted by atomic mass is 19.1. The van der Waals surface area contributed by atoms with E-state index in [-0.39, 0.29) is 5.56 Å². The highest BCUT2D eigenvalue weighted by Crippen LogP contribution is 2.28. The van der Waals surface area contributed by atoms with E-state index in [4.69, 9.17) is 4.74 Å². The standard InChI is InChI=1S/C10H13FO2/c1-6-4-8(11)10(7(2)12)9(5-6)13-3/h4-5,7,12H,1-3H3/t7-/m1/s1. The van der Waals surface area contributed by atoms with Gasteiger partial charge in [0, 0.05) is 0 Å². The number of aliphatic hydroxyl groups excluding tert-OH is 1. The zero-order chi connectivity index (χ0) is 10.0. The van der Waals surface area contributed by atoms with Crippen molar-refractivity contribution in [3.8, 4) is 5.75 Å². The van der Waals surface area contributed by atoms with Crippen LogP contribution in [0.25, 0.3) is 0 Å². The van der Waals surface area contributed by atoms with Gasteiger partial charge in [-0.05, 0) is 31.5 Å². The van der Waals surface area contributed by atoms with Crippen LogP contribution >= 0.6 is 0 Å². The van der Waals surface area contributed by atoms with Crippen LogP contribution in [0.15, 0.2) is 12.1 Å². The summed E-state index contributed by atoms with van der Waals surface area (Å²) in [5, 5.41) is 9.29. The van der Waals surface area contributed by atoms with Gasteiger partial charge in [0.05, 0.1) is 18.8 Å². The molecule has 1 aromatic carbocycles. The highest BCUT2D eigenvalue weighted by Gasteiger charge is 2.14. The smallest absolute Gasteiger partial charge is 0.132 e. The molecule has 0 fully saturated rings. The van der Waals surface area contributed by atoms with Crippen LogP contribution in [0, 0.1) is 12.7 Å². The van der Waals surface area contributed by atoms with Gasteiger partial charge in [0.2, 0.25) is 0 Å². The molecule has 2 nitrogen and oxygen atoms in total. The van der Waals surface area contributed by atoms with Gasteiger partial charge in [-0.2, -0.15) is 0 Å². The van der Waals surface area contributed by atoms with Crippen molar-refractivity contribution < 1.29 is 14.2 Å². The third kappa shape index (κ3) is 1.98. The largest absolute Gasteiger partial charge is 0.496 e. The third-order valence-corrected chi connectivity index (χ3v) is 1.87. The number of ether oxygens (including phenoxy) is 1. The van der Waals surface area contributed by atoms with Crippen molar-refractivity contribution in [2.45, 2.75) is 20.0 Å². The molecule has 0 bridgehead atoms. The Balaban J connectivity index is 3.30. The molecule has 0 aromatic heterocycles. The van der Waals surface area contributed by atoms with E-state index in [1.54, 1.807) is 13.0 Å². The van der Waals surface area contributed by atoms with Gasteiger partial charge in [-0.15, -0.1) is 0 Å². The van der Waals surface area contributed by atoms with E-state index in [2.05, 4.69) is 0 Å². The van der Waals surface area contributed by atoms with E-state index >= 15 is 0 Å². The van der Waals surface area contributed by atoms with E-state index in [0.717, 1.165) is 5.56 Å². The number of benzene rings is 1. The fourth-order valence-electron chi connectivity index (χ4n) is 1.30. The summed E-state index contributed by atoms with van der Waals surface area (Å²) < 4.78 is 18.3. The zero-order valence-electron chi connectivity index (χ0n) is 7.97. The molecule has 0 saturated heterocycles.